The molecule has 0 saturated heterocycles. The maximum absolute atomic E-state index is 13.4. The molecule has 98 valence electrons. The van der Waals surface area contributed by atoms with E-state index < -0.39 is 0 Å². The van der Waals surface area contributed by atoms with Crippen LogP contribution in [-0.2, 0) is 6.42 Å². The van der Waals surface area contributed by atoms with Gasteiger partial charge < -0.3 is 9.73 Å². The van der Waals surface area contributed by atoms with Gasteiger partial charge in [-0.05, 0) is 37.6 Å². The molecule has 0 radical (unpaired) electrons. The van der Waals surface area contributed by atoms with Crippen molar-refractivity contribution in [3.8, 4) is 0 Å². The van der Waals surface area contributed by atoms with Crippen LogP contribution in [0.1, 0.15) is 26.0 Å². The van der Waals surface area contributed by atoms with Crippen molar-refractivity contribution in [3.63, 3.8) is 0 Å². The van der Waals surface area contributed by atoms with E-state index in [-0.39, 0.29) is 5.82 Å². The Kier molecular flexibility index (Phi) is 4.37. The Morgan fingerprint density at radius 2 is 2.17 bits per heavy atom. The Labute approximate surface area is 107 Å². The van der Waals surface area contributed by atoms with Crippen molar-refractivity contribution in [2.45, 2.75) is 26.7 Å². The van der Waals surface area contributed by atoms with E-state index in [1.165, 1.54) is 6.07 Å². The van der Waals surface area contributed by atoms with Gasteiger partial charge >= 0.3 is 0 Å². The molecule has 0 aliphatic heterocycles. The van der Waals surface area contributed by atoms with Gasteiger partial charge in [0.05, 0.1) is 0 Å². The normalized spacial score (nSPS) is 11.6. The Hall–Kier alpha value is -1.35. The first kappa shape index (κ1) is 13.1. The maximum atomic E-state index is 13.4. The Morgan fingerprint density at radius 1 is 1.33 bits per heavy atom. The van der Waals surface area contributed by atoms with Crippen LogP contribution < -0.4 is 5.32 Å². The molecule has 1 N–H and O–H groups in total. The highest BCUT2D eigenvalue weighted by Crippen LogP contribution is 2.22. The van der Waals surface area contributed by atoms with E-state index in [2.05, 4.69) is 19.2 Å². The maximum Gasteiger partial charge on any atom is 0.169 e. The lowest BCUT2D eigenvalue weighted by molar-refractivity contribution is 0.497. The molecule has 0 saturated carbocycles. The number of benzene rings is 1. The van der Waals surface area contributed by atoms with Gasteiger partial charge in [0, 0.05) is 11.8 Å². The molecule has 0 bridgehead atoms. The van der Waals surface area contributed by atoms with Crippen LogP contribution in [0.5, 0.6) is 0 Å². The van der Waals surface area contributed by atoms with Gasteiger partial charge in [-0.1, -0.05) is 26.0 Å². The Morgan fingerprint density at radius 3 is 2.89 bits per heavy atom. The number of nitrogens with one attached hydrogen (secondary N) is 1. The predicted octanol–water partition coefficient (Wildman–Crippen LogP) is 3.75. The van der Waals surface area contributed by atoms with Crippen LogP contribution in [0, 0.1) is 11.7 Å². The molecule has 1 aromatic carbocycles. The standard InChI is InChI=1S/C15H20FNO/c1-11(2)10-17-8-4-6-13-9-12-5-3-7-14(16)15(12)18-13/h3,5,7,9,11,17H,4,6,8,10H2,1-2H3. The van der Waals surface area contributed by atoms with Crippen molar-refractivity contribution >= 4 is 11.0 Å². The smallest absolute Gasteiger partial charge is 0.169 e. The minimum absolute atomic E-state index is 0.281. The van der Waals surface area contributed by atoms with Crippen LogP contribution in [0.4, 0.5) is 4.39 Å². The summed E-state index contributed by atoms with van der Waals surface area (Å²) in [7, 11) is 0. The van der Waals surface area contributed by atoms with Gasteiger partial charge in [-0.25, -0.2) is 4.39 Å². The van der Waals surface area contributed by atoms with E-state index in [4.69, 9.17) is 4.42 Å². The molecule has 2 rings (SSSR count). The number of para-hydroxylation sites is 1. The van der Waals surface area contributed by atoms with E-state index in [0.29, 0.717) is 11.5 Å². The summed E-state index contributed by atoms with van der Waals surface area (Å²) < 4.78 is 18.9. The molecule has 0 aliphatic carbocycles. The fourth-order valence-corrected chi connectivity index (χ4v) is 1.98. The average Bonchev–Trinajstić information content (AvgIpc) is 2.72. The predicted molar refractivity (Wildman–Crippen MR) is 72.2 cm³/mol. The summed E-state index contributed by atoms with van der Waals surface area (Å²) in [5.41, 5.74) is 0.377. The van der Waals surface area contributed by atoms with Crippen LogP contribution >= 0.6 is 0 Å². The highest BCUT2D eigenvalue weighted by molar-refractivity contribution is 5.78. The zero-order chi connectivity index (χ0) is 13.0. The van der Waals surface area contributed by atoms with Crippen LogP contribution in [-0.4, -0.2) is 13.1 Å². The fraction of sp³-hybridized carbons (Fsp3) is 0.467. The SMILES string of the molecule is CC(C)CNCCCc1cc2cccc(F)c2o1. The molecular weight excluding hydrogens is 229 g/mol. The molecule has 1 aromatic heterocycles. The van der Waals surface area contributed by atoms with Gasteiger partial charge in [-0.3, -0.25) is 0 Å². The van der Waals surface area contributed by atoms with E-state index >= 15 is 0 Å². The molecule has 2 nitrogen and oxygen atoms in total. The number of halogens is 1. The molecule has 0 unspecified atom stereocenters. The largest absolute Gasteiger partial charge is 0.458 e. The van der Waals surface area contributed by atoms with Gasteiger partial charge in [0.2, 0.25) is 0 Å². The van der Waals surface area contributed by atoms with E-state index in [9.17, 15) is 4.39 Å². The second-order valence-corrected chi connectivity index (χ2v) is 5.07. The van der Waals surface area contributed by atoms with E-state index in [1.807, 2.05) is 12.1 Å². The third-order valence-electron chi connectivity index (χ3n) is 2.88. The first-order valence-corrected chi connectivity index (χ1v) is 6.54. The van der Waals surface area contributed by atoms with Crippen LogP contribution in [0.2, 0.25) is 0 Å². The first-order chi connectivity index (χ1) is 8.66. The van der Waals surface area contributed by atoms with Gasteiger partial charge in [0.25, 0.3) is 0 Å². The molecule has 0 amide bonds. The summed E-state index contributed by atoms with van der Waals surface area (Å²) in [6.07, 6.45) is 1.85. The monoisotopic (exact) mass is 249 g/mol. The molecular formula is C15H20FNO. The Balaban J connectivity index is 1.87. The molecule has 18 heavy (non-hydrogen) atoms. The molecule has 0 spiro atoms. The van der Waals surface area contributed by atoms with Crippen molar-refractivity contribution in [3.05, 3.63) is 35.8 Å². The van der Waals surface area contributed by atoms with Gasteiger partial charge in [-0.15, -0.1) is 0 Å². The van der Waals surface area contributed by atoms with Gasteiger partial charge in [0.15, 0.2) is 11.4 Å². The van der Waals surface area contributed by atoms with Crippen LogP contribution in [0.25, 0.3) is 11.0 Å². The molecule has 0 atom stereocenters. The molecule has 1 heterocycles. The summed E-state index contributed by atoms with van der Waals surface area (Å²) in [6, 6.07) is 6.95. The Bertz CT molecular complexity index is 504. The zero-order valence-corrected chi connectivity index (χ0v) is 11.0. The average molecular weight is 249 g/mol. The van der Waals surface area contributed by atoms with Crippen LogP contribution in [0.3, 0.4) is 0 Å². The van der Waals surface area contributed by atoms with Crippen LogP contribution in [0.15, 0.2) is 28.7 Å². The van der Waals surface area contributed by atoms with E-state index in [0.717, 1.165) is 37.1 Å². The lowest BCUT2D eigenvalue weighted by atomic mass is 10.2. The zero-order valence-electron chi connectivity index (χ0n) is 11.0. The summed E-state index contributed by atoms with van der Waals surface area (Å²) in [4.78, 5) is 0. The van der Waals surface area contributed by atoms with Crippen molar-refractivity contribution < 1.29 is 8.81 Å². The lowest BCUT2D eigenvalue weighted by Gasteiger charge is -2.05. The van der Waals surface area contributed by atoms with Crippen molar-refractivity contribution in [2.24, 2.45) is 5.92 Å². The minimum Gasteiger partial charge on any atom is -0.458 e. The molecule has 0 fully saturated rings. The fourth-order valence-electron chi connectivity index (χ4n) is 1.98. The number of hydrogen-bond donors (Lipinski definition) is 1. The van der Waals surface area contributed by atoms with E-state index in [1.54, 1.807) is 6.07 Å². The summed E-state index contributed by atoms with van der Waals surface area (Å²) in [5.74, 6) is 1.25. The molecule has 2 aromatic rings. The second-order valence-electron chi connectivity index (χ2n) is 5.07. The quantitative estimate of drug-likeness (QED) is 0.789. The first-order valence-electron chi connectivity index (χ1n) is 6.54. The number of aryl methyl sites for hydroxylation is 1. The van der Waals surface area contributed by atoms with Gasteiger partial charge in [0.1, 0.15) is 5.76 Å². The number of hydrogen-bond acceptors (Lipinski definition) is 2. The summed E-state index contributed by atoms with van der Waals surface area (Å²) >= 11 is 0. The number of fused-ring (bicyclic) bond motifs is 1. The topological polar surface area (TPSA) is 25.2 Å². The third kappa shape index (κ3) is 3.33. The highest BCUT2D eigenvalue weighted by atomic mass is 19.1. The molecule has 3 heteroatoms. The summed E-state index contributed by atoms with van der Waals surface area (Å²) in [6.45, 7) is 6.39. The highest BCUT2D eigenvalue weighted by Gasteiger charge is 2.07. The lowest BCUT2D eigenvalue weighted by Crippen LogP contribution is -2.20. The number of furan rings is 1. The third-order valence-corrected chi connectivity index (χ3v) is 2.88. The second kappa shape index (κ2) is 6.01. The molecule has 0 aliphatic rings. The van der Waals surface area contributed by atoms with Gasteiger partial charge in [-0.2, -0.15) is 0 Å². The van der Waals surface area contributed by atoms with Crippen molar-refractivity contribution in [1.29, 1.82) is 0 Å². The number of rotatable bonds is 6. The minimum atomic E-state index is -0.281. The van der Waals surface area contributed by atoms with Crippen molar-refractivity contribution in [1.82, 2.24) is 5.32 Å². The van der Waals surface area contributed by atoms with Crippen molar-refractivity contribution in [2.75, 3.05) is 13.1 Å². The summed E-state index contributed by atoms with van der Waals surface area (Å²) in [5, 5.41) is 4.23.